The number of ether oxygens (including phenoxy) is 1. The molecule has 0 saturated carbocycles. The molecule has 0 saturated heterocycles. The second kappa shape index (κ2) is 6.48. The maximum absolute atomic E-state index is 11.7. The Hall–Kier alpha value is -4.14. The average molecular weight is 389 g/mol. The molecule has 29 heavy (non-hydrogen) atoms. The summed E-state index contributed by atoms with van der Waals surface area (Å²) in [7, 11) is 0. The highest BCUT2D eigenvalue weighted by molar-refractivity contribution is 5.94. The van der Waals surface area contributed by atoms with Crippen molar-refractivity contribution in [3.05, 3.63) is 69.8 Å². The number of anilines is 4. The molecule has 144 valence electrons. The van der Waals surface area contributed by atoms with Crippen LogP contribution in [-0.4, -0.2) is 20.9 Å². The second-order valence-electron chi connectivity index (χ2n) is 6.65. The summed E-state index contributed by atoms with van der Waals surface area (Å²) in [4.78, 5) is 34.5. The molecule has 0 atom stereocenters. The van der Waals surface area contributed by atoms with Crippen molar-refractivity contribution in [3.8, 4) is 0 Å². The molecule has 9 heteroatoms. The average Bonchev–Trinajstić information content (AvgIpc) is 3.26. The fourth-order valence-corrected chi connectivity index (χ4v) is 3.12. The number of H-pyrrole nitrogens is 1. The number of aryl methyl sites for hydroxylation is 1. The van der Waals surface area contributed by atoms with Crippen molar-refractivity contribution < 1.29 is 13.9 Å². The van der Waals surface area contributed by atoms with Crippen LogP contribution in [0.15, 0.2) is 51.8 Å². The van der Waals surface area contributed by atoms with Gasteiger partial charge in [0.2, 0.25) is 5.95 Å². The van der Waals surface area contributed by atoms with Gasteiger partial charge in [-0.1, -0.05) is 6.07 Å². The van der Waals surface area contributed by atoms with Crippen molar-refractivity contribution in [3.63, 3.8) is 0 Å². The van der Waals surface area contributed by atoms with E-state index < -0.39 is 5.76 Å². The van der Waals surface area contributed by atoms with E-state index in [0.29, 0.717) is 40.7 Å². The van der Waals surface area contributed by atoms with E-state index in [0.717, 1.165) is 16.8 Å². The van der Waals surface area contributed by atoms with Gasteiger partial charge in [-0.3, -0.25) is 4.98 Å². The van der Waals surface area contributed by atoms with E-state index in [9.17, 15) is 9.59 Å². The molecular weight excluding hydrogens is 374 g/mol. The summed E-state index contributed by atoms with van der Waals surface area (Å²) >= 11 is 0. The lowest BCUT2D eigenvalue weighted by Gasteiger charge is -2.11. The topological polar surface area (TPSA) is 122 Å². The number of carbonyl (C=O) groups is 1. The molecule has 2 aromatic heterocycles. The Balaban J connectivity index is 1.41. The van der Waals surface area contributed by atoms with Crippen molar-refractivity contribution in [1.82, 2.24) is 15.0 Å². The van der Waals surface area contributed by atoms with Crippen LogP contribution in [0.1, 0.15) is 21.5 Å². The normalized spacial score (nSPS) is 12.7. The summed E-state index contributed by atoms with van der Waals surface area (Å²) in [6, 6.07) is 10.7. The van der Waals surface area contributed by atoms with E-state index in [2.05, 4.69) is 25.6 Å². The maximum atomic E-state index is 11.7. The molecule has 0 bridgehead atoms. The quantitative estimate of drug-likeness (QED) is 0.454. The predicted molar refractivity (Wildman–Crippen MR) is 106 cm³/mol. The summed E-state index contributed by atoms with van der Waals surface area (Å²) in [6.07, 6.45) is 1.69. The lowest BCUT2D eigenvalue weighted by molar-refractivity contribution is 0.0535. The molecule has 0 amide bonds. The Labute approximate surface area is 163 Å². The first-order chi connectivity index (χ1) is 14.0. The van der Waals surface area contributed by atoms with Gasteiger partial charge < -0.3 is 19.8 Å². The molecule has 4 aromatic rings. The summed E-state index contributed by atoms with van der Waals surface area (Å²) in [5, 5.41) is 6.33. The molecule has 0 aliphatic carbocycles. The van der Waals surface area contributed by atoms with Crippen LogP contribution in [0.2, 0.25) is 0 Å². The first-order valence-corrected chi connectivity index (χ1v) is 8.86. The molecule has 0 spiro atoms. The van der Waals surface area contributed by atoms with Crippen LogP contribution in [0.3, 0.4) is 0 Å². The van der Waals surface area contributed by atoms with Crippen LogP contribution < -0.4 is 16.4 Å². The molecule has 5 rings (SSSR count). The molecule has 9 nitrogen and oxygen atoms in total. The number of cyclic esters (lactones) is 1. The fraction of sp³-hybridized carbons (Fsp3) is 0.100. The van der Waals surface area contributed by atoms with Crippen LogP contribution in [0.5, 0.6) is 0 Å². The lowest BCUT2D eigenvalue weighted by atomic mass is 10.1. The Morgan fingerprint density at radius 3 is 2.79 bits per heavy atom. The molecular formula is C20H15N5O4. The number of hydrogen-bond donors (Lipinski definition) is 3. The van der Waals surface area contributed by atoms with Crippen LogP contribution in [0.4, 0.5) is 23.1 Å². The van der Waals surface area contributed by atoms with Crippen LogP contribution in [0.25, 0.3) is 11.1 Å². The number of benzene rings is 2. The number of nitrogens with one attached hydrogen (secondary N) is 3. The van der Waals surface area contributed by atoms with E-state index in [4.69, 9.17) is 9.15 Å². The SMILES string of the molecule is Cc1cnc(Nc2ccc3c(c2)C(=O)OC3)nc1Nc1ccc2oc(=O)[nH]c2c1. The molecule has 0 unspecified atom stereocenters. The number of hydrogen-bond acceptors (Lipinski definition) is 8. The Morgan fingerprint density at radius 1 is 1.07 bits per heavy atom. The predicted octanol–water partition coefficient (Wildman–Crippen LogP) is 3.38. The Kier molecular flexibility index (Phi) is 3.80. The minimum absolute atomic E-state index is 0.301. The van der Waals surface area contributed by atoms with Gasteiger partial charge in [-0.25, -0.2) is 14.6 Å². The molecule has 2 aromatic carbocycles. The van der Waals surface area contributed by atoms with E-state index in [1.165, 1.54) is 0 Å². The number of aromatic amines is 1. The third-order valence-electron chi connectivity index (χ3n) is 4.60. The summed E-state index contributed by atoms with van der Waals surface area (Å²) in [5.74, 6) is 0.152. The van der Waals surface area contributed by atoms with Gasteiger partial charge in [0, 0.05) is 28.7 Å². The molecule has 3 N–H and O–H groups in total. The molecule has 0 radical (unpaired) electrons. The van der Waals surface area contributed by atoms with Gasteiger partial charge in [0.05, 0.1) is 11.1 Å². The minimum atomic E-state index is -0.500. The highest BCUT2D eigenvalue weighted by Gasteiger charge is 2.21. The van der Waals surface area contributed by atoms with Crippen molar-refractivity contribution in [2.24, 2.45) is 0 Å². The first-order valence-electron chi connectivity index (χ1n) is 8.86. The summed E-state index contributed by atoms with van der Waals surface area (Å²) < 4.78 is 10.0. The molecule has 1 aliphatic rings. The highest BCUT2D eigenvalue weighted by atomic mass is 16.5. The molecule has 1 aliphatic heterocycles. The zero-order chi connectivity index (χ0) is 20.0. The fourth-order valence-electron chi connectivity index (χ4n) is 3.12. The van der Waals surface area contributed by atoms with Crippen LogP contribution >= 0.6 is 0 Å². The summed E-state index contributed by atoms with van der Waals surface area (Å²) in [5.41, 5.74) is 4.75. The number of oxazole rings is 1. The number of aromatic nitrogens is 3. The first kappa shape index (κ1) is 17.0. The number of carbonyl (C=O) groups excluding carboxylic acids is 1. The standard InChI is InChI=1S/C20H15N5O4/c1-10-8-21-19(23-12-3-2-11-9-28-18(26)14(11)6-12)25-17(10)22-13-4-5-16-15(7-13)24-20(27)29-16/h2-8H,9H2,1H3,(H,24,27)(H2,21,22,23,25). The number of esters is 1. The molecule has 0 fully saturated rings. The largest absolute Gasteiger partial charge is 0.457 e. The zero-order valence-corrected chi connectivity index (χ0v) is 15.3. The Morgan fingerprint density at radius 2 is 1.90 bits per heavy atom. The van der Waals surface area contributed by atoms with Gasteiger partial charge in [0.25, 0.3) is 0 Å². The minimum Gasteiger partial charge on any atom is -0.457 e. The highest BCUT2D eigenvalue weighted by Crippen LogP contribution is 2.26. The maximum Gasteiger partial charge on any atom is 0.417 e. The van der Waals surface area contributed by atoms with Crippen molar-refractivity contribution in [1.29, 1.82) is 0 Å². The monoisotopic (exact) mass is 389 g/mol. The van der Waals surface area contributed by atoms with Gasteiger partial charge in [-0.2, -0.15) is 4.98 Å². The van der Waals surface area contributed by atoms with Crippen molar-refractivity contribution in [2.45, 2.75) is 13.5 Å². The van der Waals surface area contributed by atoms with E-state index in [1.807, 2.05) is 19.1 Å². The molecule has 3 heterocycles. The third kappa shape index (κ3) is 3.18. The van der Waals surface area contributed by atoms with Crippen molar-refractivity contribution in [2.75, 3.05) is 10.6 Å². The lowest BCUT2D eigenvalue weighted by Crippen LogP contribution is -2.03. The van der Waals surface area contributed by atoms with Crippen LogP contribution in [0, 0.1) is 6.92 Å². The third-order valence-corrected chi connectivity index (χ3v) is 4.60. The number of nitrogens with zero attached hydrogens (tertiary/aromatic N) is 2. The van der Waals surface area contributed by atoms with Gasteiger partial charge in [0.1, 0.15) is 12.4 Å². The van der Waals surface area contributed by atoms with Gasteiger partial charge in [-0.15, -0.1) is 0 Å². The van der Waals surface area contributed by atoms with Crippen LogP contribution in [-0.2, 0) is 11.3 Å². The van der Waals surface area contributed by atoms with E-state index >= 15 is 0 Å². The van der Waals surface area contributed by atoms with Gasteiger partial charge in [0.15, 0.2) is 5.58 Å². The summed E-state index contributed by atoms with van der Waals surface area (Å²) in [6.45, 7) is 2.19. The van der Waals surface area contributed by atoms with E-state index in [-0.39, 0.29) is 5.97 Å². The van der Waals surface area contributed by atoms with Gasteiger partial charge in [-0.05, 0) is 37.3 Å². The smallest absolute Gasteiger partial charge is 0.417 e. The number of rotatable bonds is 4. The van der Waals surface area contributed by atoms with Gasteiger partial charge >= 0.3 is 11.7 Å². The zero-order valence-electron chi connectivity index (χ0n) is 15.3. The Bertz CT molecular complexity index is 1320. The van der Waals surface area contributed by atoms with E-state index in [1.54, 1.807) is 30.5 Å². The second-order valence-corrected chi connectivity index (χ2v) is 6.65. The van der Waals surface area contributed by atoms with Crippen molar-refractivity contribution >= 4 is 40.2 Å². The number of fused-ring (bicyclic) bond motifs is 2.